The highest BCUT2D eigenvalue weighted by Gasteiger charge is 2.17. The number of carbonyl (C=O) groups excluding carboxylic acids is 1. The van der Waals surface area contributed by atoms with Gasteiger partial charge in [-0.3, -0.25) is 4.79 Å². The molecule has 0 saturated heterocycles. The molecule has 1 aromatic carbocycles. The second-order valence-electron chi connectivity index (χ2n) is 2.58. The summed E-state index contributed by atoms with van der Waals surface area (Å²) in [5.41, 5.74) is 4.94. The summed E-state index contributed by atoms with van der Waals surface area (Å²) in [6, 6.07) is 8.12. The molecule has 4 nitrogen and oxygen atoms in total. The Hall–Kier alpha value is -2.10. The molecular weight excluding hydrogens is 182 g/mol. The molecule has 14 heavy (non-hydrogen) atoms. The van der Waals surface area contributed by atoms with E-state index in [2.05, 4.69) is 0 Å². The molecule has 0 unspecified atom stereocenters. The van der Waals surface area contributed by atoms with Crippen LogP contribution in [0.1, 0.15) is 10.4 Å². The highest BCUT2D eigenvalue weighted by molar-refractivity contribution is 6.23. The molecule has 0 aliphatic heterocycles. The lowest BCUT2D eigenvalue weighted by Crippen LogP contribution is -2.14. The highest BCUT2D eigenvalue weighted by atomic mass is 16.4. The van der Waals surface area contributed by atoms with Crippen LogP contribution in [0.3, 0.4) is 0 Å². The lowest BCUT2D eigenvalue weighted by atomic mass is 10.0. The lowest BCUT2D eigenvalue weighted by molar-refractivity contribution is -0.132. The summed E-state index contributed by atoms with van der Waals surface area (Å²) in [6.45, 7) is 0. The van der Waals surface area contributed by atoms with E-state index in [0.29, 0.717) is 5.56 Å². The van der Waals surface area contributed by atoms with E-state index in [0.717, 1.165) is 6.20 Å². The van der Waals surface area contributed by atoms with E-state index in [4.69, 9.17) is 10.8 Å². The Morgan fingerprint density at radius 1 is 1.21 bits per heavy atom. The lowest BCUT2D eigenvalue weighted by Gasteiger charge is -1.99. The van der Waals surface area contributed by atoms with E-state index >= 15 is 0 Å². The minimum Gasteiger partial charge on any atom is -0.477 e. The Labute approximate surface area is 80.7 Å². The van der Waals surface area contributed by atoms with Crippen LogP contribution in [-0.4, -0.2) is 16.9 Å². The number of carbonyl (C=O) groups is 2. The van der Waals surface area contributed by atoms with Crippen molar-refractivity contribution in [3.05, 3.63) is 47.7 Å². The third-order valence-corrected chi connectivity index (χ3v) is 1.68. The maximum Gasteiger partial charge on any atom is 0.341 e. The first-order chi connectivity index (χ1) is 6.66. The van der Waals surface area contributed by atoms with Crippen molar-refractivity contribution in [2.45, 2.75) is 0 Å². The highest BCUT2D eigenvalue weighted by Crippen LogP contribution is 2.07. The van der Waals surface area contributed by atoms with Gasteiger partial charge in [0.2, 0.25) is 5.78 Å². The van der Waals surface area contributed by atoms with Gasteiger partial charge in [0.05, 0.1) is 0 Å². The van der Waals surface area contributed by atoms with Crippen molar-refractivity contribution in [3.63, 3.8) is 0 Å². The molecule has 72 valence electrons. The number of Topliss-reactive ketones (excluding diaryl/α,β-unsaturated/α-hetero) is 1. The van der Waals surface area contributed by atoms with Crippen molar-refractivity contribution < 1.29 is 14.7 Å². The summed E-state index contributed by atoms with van der Waals surface area (Å²) in [6.07, 6.45) is 0.803. The van der Waals surface area contributed by atoms with Crippen LogP contribution in [0.2, 0.25) is 0 Å². The third kappa shape index (κ3) is 1.98. The zero-order valence-corrected chi connectivity index (χ0v) is 7.31. The van der Waals surface area contributed by atoms with Crippen LogP contribution < -0.4 is 5.73 Å². The number of ketones is 1. The Morgan fingerprint density at radius 3 is 2.21 bits per heavy atom. The fourth-order valence-corrected chi connectivity index (χ4v) is 0.989. The maximum absolute atomic E-state index is 11.5. The van der Waals surface area contributed by atoms with E-state index in [1.54, 1.807) is 18.2 Å². The first-order valence-electron chi connectivity index (χ1n) is 3.91. The van der Waals surface area contributed by atoms with Crippen LogP contribution in [0.4, 0.5) is 0 Å². The molecule has 0 fully saturated rings. The molecule has 4 heteroatoms. The number of nitrogens with two attached hydrogens (primary N) is 1. The molecule has 0 saturated carbocycles. The number of aliphatic carboxylic acids is 1. The number of benzene rings is 1. The van der Waals surface area contributed by atoms with Crippen LogP contribution in [0, 0.1) is 0 Å². The largest absolute Gasteiger partial charge is 0.477 e. The molecule has 0 aromatic heterocycles. The fraction of sp³-hybridized carbons (Fsp3) is 0. The first-order valence-corrected chi connectivity index (χ1v) is 3.91. The summed E-state index contributed by atoms with van der Waals surface area (Å²) in [4.78, 5) is 22.1. The molecule has 0 radical (unpaired) electrons. The topological polar surface area (TPSA) is 80.4 Å². The van der Waals surface area contributed by atoms with Crippen molar-refractivity contribution in [3.8, 4) is 0 Å². The normalized spacial score (nSPS) is 11.0. The van der Waals surface area contributed by atoms with Crippen LogP contribution >= 0.6 is 0 Å². The van der Waals surface area contributed by atoms with E-state index in [1.165, 1.54) is 12.1 Å². The van der Waals surface area contributed by atoms with Crippen molar-refractivity contribution in [1.82, 2.24) is 0 Å². The molecule has 1 aromatic rings. The number of rotatable bonds is 3. The number of carboxylic acid groups (broad SMARTS) is 1. The number of hydrogen-bond acceptors (Lipinski definition) is 3. The van der Waals surface area contributed by atoms with Crippen LogP contribution in [0.15, 0.2) is 42.1 Å². The van der Waals surface area contributed by atoms with Crippen LogP contribution in [0.5, 0.6) is 0 Å². The van der Waals surface area contributed by atoms with E-state index in [-0.39, 0.29) is 0 Å². The predicted molar refractivity (Wildman–Crippen MR) is 50.7 cm³/mol. The zero-order valence-electron chi connectivity index (χ0n) is 7.31. The maximum atomic E-state index is 11.5. The minimum absolute atomic E-state index is 0.312. The van der Waals surface area contributed by atoms with Gasteiger partial charge in [0.1, 0.15) is 5.57 Å². The monoisotopic (exact) mass is 191 g/mol. The SMILES string of the molecule is NC=C(C(=O)O)C(=O)c1ccccc1. The third-order valence-electron chi connectivity index (χ3n) is 1.68. The standard InChI is InChI=1S/C10H9NO3/c11-6-8(10(13)14)9(12)7-4-2-1-3-5-7/h1-6H,11H2,(H,13,14). The number of hydrogen-bond donors (Lipinski definition) is 2. The van der Waals surface area contributed by atoms with Crippen LogP contribution in [-0.2, 0) is 4.79 Å². The van der Waals surface area contributed by atoms with Gasteiger partial charge in [-0.2, -0.15) is 0 Å². The molecule has 0 spiro atoms. The Kier molecular flexibility index (Phi) is 3.01. The fourth-order valence-electron chi connectivity index (χ4n) is 0.989. The summed E-state index contributed by atoms with van der Waals surface area (Å²) in [7, 11) is 0. The molecule has 0 aliphatic rings. The van der Waals surface area contributed by atoms with Gasteiger partial charge in [-0.1, -0.05) is 30.3 Å². The molecule has 0 bridgehead atoms. The van der Waals surface area contributed by atoms with Crippen molar-refractivity contribution in [1.29, 1.82) is 0 Å². The Morgan fingerprint density at radius 2 is 1.79 bits per heavy atom. The van der Waals surface area contributed by atoms with Crippen molar-refractivity contribution in [2.24, 2.45) is 5.73 Å². The average Bonchev–Trinajstić information content (AvgIpc) is 2.19. The van der Waals surface area contributed by atoms with Gasteiger partial charge in [0.25, 0.3) is 0 Å². The molecule has 0 amide bonds. The molecule has 0 atom stereocenters. The van der Waals surface area contributed by atoms with Gasteiger partial charge in [0.15, 0.2) is 0 Å². The van der Waals surface area contributed by atoms with Gasteiger partial charge in [-0.25, -0.2) is 4.79 Å². The Bertz CT molecular complexity index is 382. The number of carboxylic acids is 1. The molecule has 1 rings (SSSR count). The van der Waals surface area contributed by atoms with E-state index in [9.17, 15) is 9.59 Å². The quantitative estimate of drug-likeness (QED) is 0.320. The molecule has 0 heterocycles. The van der Waals surface area contributed by atoms with E-state index in [1.807, 2.05) is 0 Å². The Balaban J connectivity index is 3.02. The van der Waals surface area contributed by atoms with Gasteiger partial charge in [-0.05, 0) is 0 Å². The van der Waals surface area contributed by atoms with Crippen molar-refractivity contribution >= 4 is 11.8 Å². The van der Waals surface area contributed by atoms with E-state index < -0.39 is 17.3 Å². The second-order valence-corrected chi connectivity index (χ2v) is 2.58. The minimum atomic E-state index is -1.32. The second kappa shape index (κ2) is 4.23. The van der Waals surface area contributed by atoms with Crippen LogP contribution in [0.25, 0.3) is 0 Å². The summed E-state index contributed by atoms with van der Waals surface area (Å²) in [5.74, 6) is -1.90. The average molecular weight is 191 g/mol. The molecule has 3 N–H and O–H groups in total. The molecule has 0 aliphatic carbocycles. The predicted octanol–water partition coefficient (Wildman–Crippen LogP) is 0.797. The smallest absolute Gasteiger partial charge is 0.341 e. The summed E-state index contributed by atoms with van der Waals surface area (Å²) < 4.78 is 0. The summed E-state index contributed by atoms with van der Waals surface area (Å²) >= 11 is 0. The van der Waals surface area contributed by atoms with Gasteiger partial charge >= 0.3 is 5.97 Å². The van der Waals surface area contributed by atoms with Gasteiger partial charge in [-0.15, -0.1) is 0 Å². The zero-order chi connectivity index (χ0) is 10.6. The van der Waals surface area contributed by atoms with Gasteiger partial charge in [0, 0.05) is 11.8 Å². The van der Waals surface area contributed by atoms with Gasteiger partial charge < -0.3 is 10.8 Å². The molecular formula is C10H9NO3. The summed E-state index contributed by atoms with van der Waals surface area (Å²) in [5, 5.41) is 8.64. The van der Waals surface area contributed by atoms with Crippen molar-refractivity contribution in [2.75, 3.05) is 0 Å². The first kappa shape index (κ1) is 9.98.